The number of nitrogens with zero attached hydrogens (tertiary/aromatic N) is 2. The van der Waals surface area contributed by atoms with E-state index >= 15 is 0 Å². The van der Waals surface area contributed by atoms with Gasteiger partial charge in [-0.05, 0) is 23.6 Å². The van der Waals surface area contributed by atoms with Crippen LogP contribution in [0.25, 0.3) is 10.9 Å². The molecule has 1 aliphatic heterocycles. The fourth-order valence-electron chi connectivity index (χ4n) is 3.78. The number of para-hydroxylation sites is 2. The third kappa shape index (κ3) is 4.37. The lowest BCUT2D eigenvalue weighted by molar-refractivity contribution is -0.131. The molecule has 0 saturated carbocycles. The molecule has 0 bridgehead atoms. The lowest BCUT2D eigenvalue weighted by Gasteiger charge is -2.15. The number of hydrogen-bond donors (Lipinski definition) is 2. The number of aromatic nitrogens is 1. The van der Waals surface area contributed by atoms with Crippen LogP contribution in [0.2, 0.25) is 0 Å². The Morgan fingerprint density at radius 1 is 1.10 bits per heavy atom. The number of methoxy groups -OCH3 is 1. The molecular weight excluding hydrogens is 396 g/mol. The van der Waals surface area contributed by atoms with Crippen molar-refractivity contribution < 1.29 is 19.1 Å². The van der Waals surface area contributed by atoms with E-state index < -0.39 is 18.0 Å². The van der Waals surface area contributed by atoms with E-state index in [0.29, 0.717) is 18.8 Å². The van der Waals surface area contributed by atoms with E-state index in [2.05, 4.69) is 15.2 Å². The van der Waals surface area contributed by atoms with E-state index in [1.807, 2.05) is 48.7 Å². The van der Waals surface area contributed by atoms with Crippen molar-refractivity contribution in [2.24, 2.45) is 0 Å². The van der Waals surface area contributed by atoms with Crippen molar-refractivity contribution in [1.29, 1.82) is 0 Å². The molecule has 0 radical (unpaired) electrons. The largest absolute Gasteiger partial charge is 0.496 e. The van der Waals surface area contributed by atoms with E-state index in [1.165, 1.54) is 7.11 Å². The average molecular weight is 420 g/mol. The highest BCUT2D eigenvalue weighted by molar-refractivity contribution is 6.05. The topological polar surface area (TPSA) is 92.7 Å². The monoisotopic (exact) mass is 420 g/mol. The molecule has 2 heterocycles. The fourth-order valence-corrected chi connectivity index (χ4v) is 3.78. The Morgan fingerprint density at radius 3 is 2.71 bits per heavy atom. The Bertz CT molecular complexity index is 1120. The number of rotatable bonds is 8. The highest BCUT2D eigenvalue weighted by Gasteiger charge is 2.39. The first-order valence-electron chi connectivity index (χ1n) is 10.1. The lowest BCUT2D eigenvalue weighted by atomic mass is 10.1. The fraction of sp³-hybridized carbons (Fsp3) is 0.261. The summed E-state index contributed by atoms with van der Waals surface area (Å²) >= 11 is 0. The molecule has 1 aromatic heterocycles. The second-order valence-corrected chi connectivity index (χ2v) is 7.36. The second-order valence-electron chi connectivity index (χ2n) is 7.36. The predicted octanol–water partition coefficient (Wildman–Crippen LogP) is 2.28. The number of imide groups is 1. The van der Waals surface area contributed by atoms with Crippen LogP contribution in [0.1, 0.15) is 12.0 Å². The maximum absolute atomic E-state index is 12.7. The van der Waals surface area contributed by atoms with Crippen molar-refractivity contribution in [3.8, 4) is 5.75 Å². The number of ether oxygens (including phenoxy) is 1. The van der Waals surface area contributed by atoms with Gasteiger partial charge in [-0.1, -0.05) is 36.4 Å². The number of benzene rings is 2. The summed E-state index contributed by atoms with van der Waals surface area (Å²) in [7, 11) is 1.54. The van der Waals surface area contributed by atoms with Gasteiger partial charge < -0.3 is 19.9 Å². The van der Waals surface area contributed by atoms with Gasteiger partial charge >= 0.3 is 6.03 Å². The molecule has 4 amide bonds. The van der Waals surface area contributed by atoms with Crippen LogP contribution in [0, 0.1) is 0 Å². The predicted molar refractivity (Wildman–Crippen MR) is 115 cm³/mol. The maximum Gasteiger partial charge on any atom is 0.325 e. The Kier molecular flexibility index (Phi) is 5.88. The number of hydrogen-bond acceptors (Lipinski definition) is 4. The molecule has 0 spiro atoms. The standard InChI is InChI=1S/C23H24N4O4/c1-31-20-9-5-3-7-17(20)15-27-22(29)18(25-23(27)30)14-21(28)24-11-13-26-12-10-16-6-2-4-8-19(16)26/h2-10,12,18H,11,13-15H2,1H3,(H,24,28)(H,25,30)/t18-/m1/s1. The highest BCUT2D eigenvalue weighted by Crippen LogP contribution is 2.22. The van der Waals surface area contributed by atoms with Crippen LogP contribution < -0.4 is 15.4 Å². The molecule has 8 heteroatoms. The summed E-state index contributed by atoms with van der Waals surface area (Å²) in [5, 5.41) is 6.57. The van der Waals surface area contributed by atoms with Gasteiger partial charge in [-0.15, -0.1) is 0 Å². The van der Waals surface area contributed by atoms with Gasteiger partial charge in [0, 0.05) is 30.4 Å². The van der Waals surface area contributed by atoms with Crippen LogP contribution >= 0.6 is 0 Å². The number of carbonyl (C=O) groups is 3. The molecule has 1 fully saturated rings. The first-order valence-corrected chi connectivity index (χ1v) is 10.1. The van der Waals surface area contributed by atoms with Gasteiger partial charge in [-0.3, -0.25) is 14.5 Å². The van der Waals surface area contributed by atoms with E-state index in [1.54, 1.807) is 12.1 Å². The molecule has 0 unspecified atom stereocenters. The summed E-state index contributed by atoms with van der Waals surface area (Å²) in [6, 6.07) is 15.9. The quantitative estimate of drug-likeness (QED) is 0.547. The smallest absolute Gasteiger partial charge is 0.325 e. The Balaban J connectivity index is 1.30. The van der Waals surface area contributed by atoms with Crippen molar-refractivity contribution in [2.75, 3.05) is 13.7 Å². The van der Waals surface area contributed by atoms with Gasteiger partial charge in [0.1, 0.15) is 11.8 Å². The molecule has 31 heavy (non-hydrogen) atoms. The van der Waals surface area contributed by atoms with E-state index in [9.17, 15) is 14.4 Å². The summed E-state index contributed by atoms with van der Waals surface area (Å²) in [4.78, 5) is 38.4. The van der Waals surface area contributed by atoms with Gasteiger partial charge in [0.05, 0.1) is 20.1 Å². The summed E-state index contributed by atoms with van der Waals surface area (Å²) in [5.74, 6) is -0.0986. The number of fused-ring (bicyclic) bond motifs is 1. The maximum atomic E-state index is 12.7. The van der Waals surface area contributed by atoms with Gasteiger partial charge in [-0.2, -0.15) is 0 Å². The molecule has 2 N–H and O–H groups in total. The van der Waals surface area contributed by atoms with Crippen LogP contribution in [0.15, 0.2) is 60.8 Å². The molecule has 8 nitrogen and oxygen atoms in total. The molecule has 160 valence electrons. The highest BCUT2D eigenvalue weighted by atomic mass is 16.5. The van der Waals surface area contributed by atoms with Crippen LogP contribution in [-0.4, -0.2) is 47.0 Å². The molecule has 3 aromatic rings. The molecular formula is C23H24N4O4. The van der Waals surface area contributed by atoms with Gasteiger partial charge in [-0.25, -0.2) is 4.79 Å². The molecule has 1 aliphatic rings. The van der Waals surface area contributed by atoms with E-state index in [-0.39, 0.29) is 18.9 Å². The minimum Gasteiger partial charge on any atom is -0.496 e. The average Bonchev–Trinajstić information content (AvgIpc) is 3.30. The molecule has 4 rings (SSSR count). The third-order valence-electron chi connectivity index (χ3n) is 5.37. The zero-order chi connectivity index (χ0) is 21.8. The van der Waals surface area contributed by atoms with E-state index in [0.717, 1.165) is 21.4 Å². The zero-order valence-corrected chi connectivity index (χ0v) is 17.2. The van der Waals surface area contributed by atoms with Crippen LogP contribution in [0.3, 0.4) is 0 Å². The minimum atomic E-state index is -0.866. The number of amides is 4. The van der Waals surface area contributed by atoms with Crippen molar-refractivity contribution in [2.45, 2.75) is 25.6 Å². The van der Waals surface area contributed by atoms with Crippen molar-refractivity contribution in [3.05, 3.63) is 66.4 Å². The Morgan fingerprint density at radius 2 is 1.87 bits per heavy atom. The molecule has 2 aromatic carbocycles. The molecule has 1 atom stereocenters. The number of nitrogens with one attached hydrogen (secondary N) is 2. The summed E-state index contributed by atoms with van der Waals surface area (Å²) in [5.41, 5.74) is 1.82. The minimum absolute atomic E-state index is 0.0908. The number of urea groups is 1. The summed E-state index contributed by atoms with van der Waals surface area (Å²) in [6.45, 7) is 1.13. The summed E-state index contributed by atoms with van der Waals surface area (Å²) in [6.07, 6.45) is 1.88. The van der Waals surface area contributed by atoms with E-state index in [4.69, 9.17) is 4.74 Å². The zero-order valence-electron chi connectivity index (χ0n) is 17.2. The van der Waals surface area contributed by atoms with Gasteiger partial charge in [0.2, 0.25) is 5.91 Å². The van der Waals surface area contributed by atoms with Gasteiger partial charge in [0.25, 0.3) is 5.91 Å². The van der Waals surface area contributed by atoms with Gasteiger partial charge in [0.15, 0.2) is 0 Å². The Hall–Kier alpha value is -3.81. The number of carbonyl (C=O) groups excluding carboxylic acids is 3. The van der Waals surface area contributed by atoms with Crippen molar-refractivity contribution in [1.82, 2.24) is 20.1 Å². The van der Waals surface area contributed by atoms with Crippen molar-refractivity contribution in [3.63, 3.8) is 0 Å². The first kappa shape index (κ1) is 20.5. The third-order valence-corrected chi connectivity index (χ3v) is 5.37. The first-order chi connectivity index (χ1) is 15.1. The second kappa shape index (κ2) is 8.91. The lowest BCUT2D eigenvalue weighted by Crippen LogP contribution is -2.37. The molecule has 0 aliphatic carbocycles. The summed E-state index contributed by atoms with van der Waals surface area (Å²) < 4.78 is 7.35. The normalized spacial score (nSPS) is 15.9. The van der Waals surface area contributed by atoms with Crippen LogP contribution in [0.5, 0.6) is 5.75 Å². The van der Waals surface area contributed by atoms with Crippen LogP contribution in [-0.2, 0) is 22.7 Å². The van der Waals surface area contributed by atoms with Crippen LogP contribution in [0.4, 0.5) is 4.79 Å². The molecule has 1 saturated heterocycles. The SMILES string of the molecule is COc1ccccc1CN1C(=O)N[C@H](CC(=O)NCCn2ccc3ccccc32)C1=O. The van der Waals surface area contributed by atoms with Crippen molar-refractivity contribution >= 4 is 28.7 Å². The Labute approximate surface area is 179 Å².